The lowest BCUT2D eigenvalue weighted by atomic mass is 10.0. The Kier molecular flexibility index (Phi) is 6.36. The largest absolute Gasteiger partial charge is 0.490 e. The Morgan fingerprint density at radius 1 is 1.19 bits per heavy atom. The fourth-order valence-electron chi connectivity index (χ4n) is 4.89. The second-order valence-electron chi connectivity index (χ2n) is 9.22. The van der Waals surface area contributed by atoms with Crippen LogP contribution in [-0.4, -0.2) is 64.1 Å². The Hall–Kier alpha value is -3.92. The van der Waals surface area contributed by atoms with E-state index in [1.807, 2.05) is 42.8 Å². The van der Waals surface area contributed by atoms with Crippen molar-refractivity contribution < 1.29 is 14.3 Å². The van der Waals surface area contributed by atoms with Gasteiger partial charge in [-0.1, -0.05) is 0 Å². The van der Waals surface area contributed by atoms with Crippen LogP contribution >= 0.6 is 0 Å². The molecule has 1 fully saturated rings. The van der Waals surface area contributed by atoms with Crippen molar-refractivity contribution in [3.05, 3.63) is 48.0 Å². The molecule has 0 saturated carbocycles. The molecule has 0 bridgehead atoms. The number of anilines is 2. The minimum Gasteiger partial charge on any atom is -0.490 e. The van der Waals surface area contributed by atoms with E-state index < -0.39 is 0 Å². The van der Waals surface area contributed by atoms with Crippen molar-refractivity contribution >= 4 is 33.8 Å². The third-order valence-electron chi connectivity index (χ3n) is 6.23. The van der Waals surface area contributed by atoms with Crippen LogP contribution in [0.25, 0.3) is 16.6 Å². The quantitative estimate of drug-likeness (QED) is 0.424. The van der Waals surface area contributed by atoms with Crippen molar-refractivity contribution in [2.45, 2.75) is 39.8 Å². The molecule has 3 aromatic heterocycles. The van der Waals surface area contributed by atoms with Gasteiger partial charge in [-0.05, 0) is 39.8 Å². The molecule has 0 radical (unpaired) electrons. The summed E-state index contributed by atoms with van der Waals surface area (Å²) in [7, 11) is 1.52. The zero-order chi connectivity index (χ0) is 25.4. The number of ether oxygens (including phenoxy) is 2. The average Bonchev–Trinajstić information content (AvgIpc) is 3.22. The lowest BCUT2D eigenvalue weighted by Crippen LogP contribution is -2.54. The zero-order valence-corrected chi connectivity index (χ0v) is 21.2. The first-order valence-electron chi connectivity index (χ1n) is 12.1. The number of hydrogen-bond acceptors (Lipinski definition) is 8. The van der Waals surface area contributed by atoms with Crippen molar-refractivity contribution in [1.29, 1.82) is 0 Å². The number of rotatable bonds is 6. The van der Waals surface area contributed by atoms with Gasteiger partial charge in [0.1, 0.15) is 0 Å². The zero-order valence-electron chi connectivity index (χ0n) is 21.2. The number of piperazine rings is 1. The highest BCUT2D eigenvalue weighted by atomic mass is 16.5. The molecule has 1 aromatic carbocycles. The van der Waals surface area contributed by atoms with Crippen LogP contribution in [0, 0.1) is 6.92 Å². The number of amides is 1. The average molecular weight is 490 g/mol. The molecule has 1 saturated heterocycles. The second-order valence-corrected chi connectivity index (χ2v) is 9.22. The predicted molar refractivity (Wildman–Crippen MR) is 139 cm³/mol. The number of nitrogens with zero attached hydrogens (tertiary/aromatic N) is 5. The van der Waals surface area contributed by atoms with Crippen LogP contribution in [0.5, 0.6) is 11.8 Å². The predicted octanol–water partition coefficient (Wildman–Crippen LogP) is 3.43. The Morgan fingerprint density at radius 3 is 2.69 bits per heavy atom. The molecule has 4 heterocycles. The van der Waals surface area contributed by atoms with E-state index in [-0.39, 0.29) is 11.9 Å². The number of benzene rings is 1. The summed E-state index contributed by atoms with van der Waals surface area (Å²) in [5.41, 5.74) is 4.14. The van der Waals surface area contributed by atoms with E-state index >= 15 is 0 Å². The van der Waals surface area contributed by atoms with Crippen molar-refractivity contribution in [3.8, 4) is 11.8 Å². The number of aromatic nitrogens is 4. The van der Waals surface area contributed by atoms with Gasteiger partial charge >= 0.3 is 6.01 Å². The van der Waals surface area contributed by atoms with E-state index in [1.54, 1.807) is 12.3 Å². The van der Waals surface area contributed by atoms with E-state index in [1.165, 1.54) is 7.11 Å². The fourth-order valence-corrected chi connectivity index (χ4v) is 4.89. The van der Waals surface area contributed by atoms with E-state index in [4.69, 9.17) is 9.47 Å². The topological polar surface area (TPSA) is 106 Å². The van der Waals surface area contributed by atoms with Crippen LogP contribution in [0.3, 0.4) is 0 Å². The molecule has 0 aliphatic carbocycles. The SMILES string of the molecule is CCOc1cc(NC(=O)c2ccc(N3C[C@@H](C)N[C@H](C)C3)c3cnc(OC)nc23)cn2cc(C)nc12. The van der Waals surface area contributed by atoms with Crippen LogP contribution in [0.4, 0.5) is 11.4 Å². The van der Waals surface area contributed by atoms with Gasteiger partial charge in [0.2, 0.25) is 0 Å². The standard InChI is InChI=1S/C26H31N7O3/c1-6-36-22-9-18(14-33-13-17(4)29-24(22)33)30-25(34)19-7-8-21(32-11-15(2)28-16(3)12-32)20-10-27-26(35-5)31-23(19)20/h7-10,13-16,28H,6,11-12H2,1-5H3,(H,30,34)/t15-,16-/m1/s1. The van der Waals surface area contributed by atoms with Crippen LogP contribution in [0.1, 0.15) is 36.8 Å². The number of methoxy groups -OCH3 is 1. The first-order chi connectivity index (χ1) is 17.4. The van der Waals surface area contributed by atoms with Crippen molar-refractivity contribution in [1.82, 2.24) is 24.7 Å². The molecule has 4 aromatic rings. The van der Waals surface area contributed by atoms with Gasteiger partial charge in [0.05, 0.1) is 36.2 Å². The number of imidazole rings is 1. The lowest BCUT2D eigenvalue weighted by Gasteiger charge is -2.38. The summed E-state index contributed by atoms with van der Waals surface area (Å²) in [4.78, 5) is 29.3. The molecule has 0 spiro atoms. The maximum atomic E-state index is 13.5. The molecule has 36 heavy (non-hydrogen) atoms. The molecule has 10 heteroatoms. The van der Waals surface area contributed by atoms with Crippen molar-refractivity contribution in [2.24, 2.45) is 0 Å². The van der Waals surface area contributed by atoms with Gasteiger partial charge in [-0.25, -0.2) is 9.97 Å². The normalized spacial score (nSPS) is 18.0. The number of carbonyl (C=O) groups is 1. The Balaban J connectivity index is 1.54. The van der Waals surface area contributed by atoms with Gasteiger partial charge in [0, 0.05) is 60.9 Å². The molecule has 1 amide bonds. The number of pyridine rings is 1. The van der Waals surface area contributed by atoms with Crippen LogP contribution < -0.4 is 25.0 Å². The highest BCUT2D eigenvalue weighted by molar-refractivity contribution is 6.14. The number of hydrogen-bond donors (Lipinski definition) is 2. The third-order valence-corrected chi connectivity index (χ3v) is 6.23. The number of aryl methyl sites for hydroxylation is 1. The summed E-state index contributed by atoms with van der Waals surface area (Å²) in [6.45, 7) is 10.4. The second kappa shape index (κ2) is 9.62. The van der Waals surface area contributed by atoms with E-state index in [0.717, 1.165) is 29.9 Å². The van der Waals surface area contributed by atoms with Gasteiger partial charge in [0.25, 0.3) is 5.91 Å². The summed E-state index contributed by atoms with van der Waals surface area (Å²) >= 11 is 0. The molecular weight excluding hydrogens is 458 g/mol. The number of nitrogens with one attached hydrogen (secondary N) is 2. The first-order valence-corrected chi connectivity index (χ1v) is 12.1. The smallest absolute Gasteiger partial charge is 0.316 e. The molecule has 1 aliphatic heterocycles. The highest BCUT2D eigenvalue weighted by Crippen LogP contribution is 2.31. The van der Waals surface area contributed by atoms with Gasteiger partial charge < -0.3 is 29.4 Å². The van der Waals surface area contributed by atoms with E-state index in [0.29, 0.717) is 46.9 Å². The number of fused-ring (bicyclic) bond motifs is 2. The monoisotopic (exact) mass is 489 g/mol. The maximum absolute atomic E-state index is 13.5. The van der Waals surface area contributed by atoms with E-state index in [9.17, 15) is 4.79 Å². The summed E-state index contributed by atoms with van der Waals surface area (Å²) in [6.07, 6.45) is 5.45. The lowest BCUT2D eigenvalue weighted by molar-refractivity contribution is 0.102. The van der Waals surface area contributed by atoms with Crippen LogP contribution in [0.2, 0.25) is 0 Å². The molecule has 2 atom stereocenters. The van der Waals surface area contributed by atoms with Crippen LogP contribution in [0.15, 0.2) is 36.8 Å². The minimum atomic E-state index is -0.284. The van der Waals surface area contributed by atoms with Gasteiger partial charge in [-0.15, -0.1) is 0 Å². The van der Waals surface area contributed by atoms with Gasteiger partial charge in [-0.3, -0.25) is 4.79 Å². The third kappa shape index (κ3) is 4.51. The Morgan fingerprint density at radius 2 is 1.97 bits per heavy atom. The Labute approximate surface area is 209 Å². The van der Waals surface area contributed by atoms with Gasteiger partial charge in [-0.2, -0.15) is 4.98 Å². The Bertz CT molecular complexity index is 1420. The summed E-state index contributed by atoms with van der Waals surface area (Å²) in [5, 5.41) is 7.37. The molecule has 0 unspecified atom stereocenters. The molecule has 188 valence electrons. The first kappa shape index (κ1) is 23.8. The number of carbonyl (C=O) groups excluding carboxylic acids is 1. The van der Waals surface area contributed by atoms with Crippen LogP contribution in [-0.2, 0) is 0 Å². The highest BCUT2D eigenvalue weighted by Gasteiger charge is 2.25. The fraction of sp³-hybridized carbons (Fsp3) is 0.385. The van der Waals surface area contributed by atoms with Crippen molar-refractivity contribution in [2.75, 3.05) is 37.0 Å². The van der Waals surface area contributed by atoms with Crippen molar-refractivity contribution in [3.63, 3.8) is 0 Å². The summed E-state index contributed by atoms with van der Waals surface area (Å²) in [5.74, 6) is 0.322. The molecular formula is C26H31N7O3. The molecule has 2 N–H and O–H groups in total. The van der Waals surface area contributed by atoms with E-state index in [2.05, 4.69) is 44.3 Å². The maximum Gasteiger partial charge on any atom is 0.316 e. The summed E-state index contributed by atoms with van der Waals surface area (Å²) < 4.78 is 12.9. The molecule has 10 nitrogen and oxygen atoms in total. The summed E-state index contributed by atoms with van der Waals surface area (Å²) in [6, 6.07) is 6.48. The van der Waals surface area contributed by atoms with Gasteiger partial charge in [0.15, 0.2) is 11.4 Å². The molecule has 5 rings (SSSR count). The molecule has 1 aliphatic rings. The minimum absolute atomic E-state index is 0.213.